The maximum Gasteiger partial charge on any atom is 0.318 e. The summed E-state index contributed by atoms with van der Waals surface area (Å²) >= 11 is 1.57. The van der Waals surface area contributed by atoms with E-state index in [4.69, 9.17) is 4.74 Å². The van der Waals surface area contributed by atoms with Crippen LogP contribution in [0.3, 0.4) is 0 Å². The van der Waals surface area contributed by atoms with Gasteiger partial charge in [0, 0.05) is 43.3 Å². The summed E-state index contributed by atoms with van der Waals surface area (Å²) in [5.41, 5.74) is 0.812. The molecule has 0 saturated carbocycles. The Hall–Kier alpha value is -2.61. The number of amides is 3. The van der Waals surface area contributed by atoms with E-state index in [1.54, 1.807) is 41.4 Å². The number of carbonyl (C=O) groups is 2. The topological polar surface area (TPSA) is 74.8 Å². The zero-order chi connectivity index (χ0) is 18.5. The molecule has 2 heterocycles. The number of benzene rings is 1. The van der Waals surface area contributed by atoms with Crippen LogP contribution in [-0.4, -0.2) is 54.6 Å². The van der Waals surface area contributed by atoms with E-state index in [1.807, 2.05) is 29.6 Å². The molecule has 1 atom stereocenters. The van der Waals surface area contributed by atoms with Gasteiger partial charge in [-0.3, -0.25) is 4.79 Å². The van der Waals surface area contributed by atoms with Crippen LogP contribution in [0.4, 0.5) is 10.5 Å². The molecular formula is C18H22N4O3S. The Kier molecular flexibility index (Phi) is 5.72. The van der Waals surface area contributed by atoms with Crippen molar-refractivity contribution >= 4 is 29.0 Å². The minimum absolute atomic E-state index is 0.0866. The Morgan fingerprint density at radius 2 is 2.12 bits per heavy atom. The van der Waals surface area contributed by atoms with Crippen molar-refractivity contribution in [2.45, 2.75) is 19.4 Å². The molecule has 2 aromatic rings. The lowest BCUT2D eigenvalue weighted by molar-refractivity contribution is -0.124. The van der Waals surface area contributed by atoms with Crippen molar-refractivity contribution < 1.29 is 14.3 Å². The number of methoxy groups -OCH3 is 1. The maximum absolute atomic E-state index is 12.7. The van der Waals surface area contributed by atoms with Gasteiger partial charge in [0.25, 0.3) is 0 Å². The van der Waals surface area contributed by atoms with Gasteiger partial charge in [-0.15, -0.1) is 11.3 Å². The van der Waals surface area contributed by atoms with Crippen LogP contribution in [0.1, 0.15) is 11.9 Å². The van der Waals surface area contributed by atoms with Gasteiger partial charge in [-0.1, -0.05) is 0 Å². The molecule has 1 fully saturated rings. The average Bonchev–Trinajstić information content (AvgIpc) is 3.17. The fraction of sp³-hybridized carbons (Fsp3) is 0.389. The standard InChI is InChI=1S/C18H22N4O3S/c1-13-17(23)22(14-3-5-15(25-2)6-4-14)11-10-21(13)18(24)20-8-7-16-19-9-12-26-16/h3-6,9,12-13H,7-8,10-11H2,1-2H3,(H,20,24). The Labute approximate surface area is 156 Å². The summed E-state index contributed by atoms with van der Waals surface area (Å²) < 4.78 is 5.15. The number of hydrogen-bond acceptors (Lipinski definition) is 5. The molecule has 26 heavy (non-hydrogen) atoms. The molecule has 138 valence electrons. The van der Waals surface area contributed by atoms with Crippen molar-refractivity contribution in [3.05, 3.63) is 40.8 Å². The highest BCUT2D eigenvalue weighted by molar-refractivity contribution is 7.09. The molecule has 1 aromatic heterocycles. The first-order valence-electron chi connectivity index (χ1n) is 8.48. The fourth-order valence-corrected chi connectivity index (χ4v) is 3.54. The number of urea groups is 1. The molecule has 0 bridgehead atoms. The van der Waals surface area contributed by atoms with Gasteiger partial charge in [-0.05, 0) is 31.2 Å². The molecule has 0 radical (unpaired) electrons. The van der Waals surface area contributed by atoms with Crippen molar-refractivity contribution in [1.29, 1.82) is 0 Å². The van der Waals surface area contributed by atoms with Gasteiger partial charge in [0.15, 0.2) is 0 Å². The third kappa shape index (κ3) is 3.96. The summed E-state index contributed by atoms with van der Waals surface area (Å²) in [6.07, 6.45) is 2.44. The molecule has 1 aliphatic rings. The van der Waals surface area contributed by atoms with Crippen molar-refractivity contribution in [2.24, 2.45) is 0 Å². The third-order valence-electron chi connectivity index (χ3n) is 4.40. The number of ether oxygens (including phenoxy) is 1. The van der Waals surface area contributed by atoms with Gasteiger partial charge in [0.2, 0.25) is 5.91 Å². The summed E-state index contributed by atoms with van der Waals surface area (Å²) in [7, 11) is 1.61. The van der Waals surface area contributed by atoms with Crippen LogP contribution in [0.25, 0.3) is 0 Å². The fourth-order valence-electron chi connectivity index (χ4n) is 2.92. The van der Waals surface area contributed by atoms with Gasteiger partial charge in [-0.25, -0.2) is 9.78 Å². The van der Waals surface area contributed by atoms with Crippen LogP contribution < -0.4 is 15.0 Å². The highest BCUT2D eigenvalue weighted by Gasteiger charge is 2.34. The largest absolute Gasteiger partial charge is 0.497 e. The zero-order valence-corrected chi connectivity index (χ0v) is 15.7. The summed E-state index contributed by atoms with van der Waals surface area (Å²) in [6, 6.07) is 6.64. The lowest BCUT2D eigenvalue weighted by Crippen LogP contribution is -2.59. The summed E-state index contributed by atoms with van der Waals surface area (Å²) in [5.74, 6) is 0.656. The quantitative estimate of drug-likeness (QED) is 0.870. The van der Waals surface area contributed by atoms with E-state index in [0.717, 1.165) is 16.4 Å². The average molecular weight is 374 g/mol. The monoisotopic (exact) mass is 374 g/mol. The Morgan fingerprint density at radius 3 is 2.77 bits per heavy atom. The van der Waals surface area contributed by atoms with Gasteiger partial charge in [0.1, 0.15) is 11.8 Å². The van der Waals surface area contributed by atoms with Crippen molar-refractivity contribution in [1.82, 2.24) is 15.2 Å². The van der Waals surface area contributed by atoms with E-state index >= 15 is 0 Å². The highest BCUT2D eigenvalue weighted by Crippen LogP contribution is 2.23. The molecule has 1 unspecified atom stereocenters. The van der Waals surface area contributed by atoms with E-state index in [-0.39, 0.29) is 11.9 Å². The lowest BCUT2D eigenvalue weighted by atomic mass is 10.1. The minimum Gasteiger partial charge on any atom is -0.497 e. The first kappa shape index (κ1) is 18.2. The Balaban J connectivity index is 1.56. The minimum atomic E-state index is -0.509. The van der Waals surface area contributed by atoms with Crippen LogP contribution in [0.5, 0.6) is 5.75 Å². The van der Waals surface area contributed by atoms with E-state index in [2.05, 4.69) is 10.3 Å². The number of carbonyl (C=O) groups excluding carboxylic acids is 2. The van der Waals surface area contributed by atoms with Crippen LogP contribution >= 0.6 is 11.3 Å². The Morgan fingerprint density at radius 1 is 1.35 bits per heavy atom. The van der Waals surface area contributed by atoms with Gasteiger partial charge in [0.05, 0.1) is 12.1 Å². The second kappa shape index (κ2) is 8.18. The van der Waals surface area contributed by atoms with Gasteiger partial charge < -0.3 is 19.9 Å². The normalized spacial score (nSPS) is 17.3. The van der Waals surface area contributed by atoms with Gasteiger partial charge in [-0.2, -0.15) is 0 Å². The second-order valence-corrected chi connectivity index (χ2v) is 6.94. The molecule has 1 aromatic carbocycles. The first-order valence-corrected chi connectivity index (χ1v) is 9.36. The Bertz CT molecular complexity index is 748. The second-order valence-electron chi connectivity index (χ2n) is 5.97. The molecule has 3 rings (SSSR count). The molecule has 8 heteroatoms. The number of piperazine rings is 1. The first-order chi connectivity index (χ1) is 12.6. The summed E-state index contributed by atoms with van der Waals surface area (Å²) in [4.78, 5) is 32.6. The summed E-state index contributed by atoms with van der Waals surface area (Å²) in [5, 5.41) is 5.78. The van der Waals surface area contributed by atoms with Gasteiger partial charge >= 0.3 is 6.03 Å². The SMILES string of the molecule is COc1ccc(N2CCN(C(=O)NCCc3nccs3)C(C)C2=O)cc1. The third-order valence-corrected chi connectivity index (χ3v) is 5.24. The summed E-state index contributed by atoms with van der Waals surface area (Å²) in [6.45, 7) is 3.22. The maximum atomic E-state index is 12.7. The molecule has 1 aliphatic heterocycles. The smallest absolute Gasteiger partial charge is 0.318 e. The van der Waals surface area contributed by atoms with Crippen molar-refractivity contribution in [3.63, 3.8) is 0 Å². The molecule has 1 N–H and O–H groups in total. The lowest BCUT2D eigenvalue weighted by Gasteiger charge is -2.39. The number of anilines is 1. The van der Waals surface area contributed by atoms with Crippen molar-refractivity contribution in [3.8, 4) is 5.75 Å². The predicted octanol–water partition coefficient (Wildman–Crippen LogP) is 2.14. The van der Waals surface area contributed by atoms with Crippen LogP contribution in [-0.2, 0) is 11.2 Å². The van der Waals surface area contributed by atoms with E-state index in [9.17, 15) is 9.59 Å². The molecule has 7 nitrogen and oxygen atoms in total. The molecule has 3 amide bonds. The number of aromatic nitrogens is 1. The predicted molar refractivity (Wildman–Crippen MR) is 101 cm³/mol. The van der Waals surface area contributed by atoms with Crippen molar-refractivity contribution in [2.75, 3.05) is 31.6 Å². The van der Waals surface area contributed by atoms with E-state index < -0.39 is 6.04 Å². The number of thiazole rings is 1. The zero-order valence-electron chi connectivity index (χ0n) is 14.8. The number of nitrogens with zero attached hydrogens (tertiary/aromatic N) is 3. The number of hydrogen-bond donors (Lipinski definition) is 1. The molecular weight excluding hydrogens is 352 g/mol. The van der Waals surface area contributed by atoms with Crippen LogP contribution in [0, 0.1) is 0 Å². The molecule has 1 saturated heterocycles. The number of nitrogens with one attached hydrogen (secondary N) is 1. The van der Waals surface area contributed by atoms with Crippen LogP contribution in [0.2, 0.25) is 0 Å². The molecule has 0 spiro atoms. The van der Waals surface area contributed by atoms with E-state index in [0.29, 0.717) is 26.1 Å². The van der Waals surface area contributed by atoms with E-state index in [1.165, 1.54) is 0 Å². The highest BCUT2D eigenvalue weighted by atomic mass is 32.1. The van der Waals surface area contributed by atoms with Crippen LogP contribution in [0.15, 0.2) is 35.8 Å². The number of rotatable bonds is 5. The molecule has 0 aliphatic carbocycles.